The minimum absolute atomic E-state index is 0.0214. The Labute approximate surface area is 169 Å². The van der Waals surface area contributed by atoms with Crippen molar-refractivity contribution in [3.05, 3.63) is 64.5 Å². The first-order valence-electron chi connectivity index (χ1n) is 10.1. The molecule has 0 bridgehead atoms. The van der Waals surface area contributed by atoms with E-state index >= 15 is 0 Å². The monoisotopic (exact) mass is 393 g/mol. The zero-order valence-electron chi connectivity index (χ0n) is 16.8. The number of fused-ring (bicyclic) bond motifs is 2. The van der Waals surface area contributed by atoms with Gasteiger partial charge in [-0.1, -0.05) is 44.7 Å². The molecule has 0 radical (unpaired) electrons. The summed E-state index contributed by atoms with van der Waals surface area (Å²) in [6, 6.07) is 6.78. The fraction of sp³-hybridized carbons (Fsp3) is 0.364. The van der Waals surface area contributed by atoms with Crippen molar-refractivity contribution in [3.63, 3.8) is 0 Å². The number of carbonyl (C=O) groups is 1. The topological polar surface area (TPSA) is 92.2 Å². The van der Waals surface area contributed by atoms with Crippen molar-refractivity contribution in [2.45, 2.75) is 45.6 Å². The van der Waals surface area contributed by atoms with E-state index in [0.717, 1.165) is 19.3 Å². The van der Waals surface area contributed by atoms with Crippen molar-refractivity contribution in [1.29, 1.82) is 5.41 Å². The molecule has 3 aromatic rings. The van der Waals surface area contributed by atoms with Crippen molar-refractivity contribution >= 4 is 22.6 Å². The summed E-state index contributed by atoms with van der Waals surface area (Å²) < 4.78 is 2.99. The highest BCUT2D eigenvalue weighted by molar-refractivity contribution is 5.96. The molecule has 3 aromatic heterocycles. The Kier molecular flexibility index (Phi) is 6.59. The van der Waals surface area contributed by atoms with Crippen LogP contribution in [-0.2, 0) is 6.54 Å². The number of aromatic nitrogens is 3. The van der Waals surface area contributed by atoms with Crippen LogP contribution in [-0.4, -0.2) is 26.4 Å². The number of unbranched alkanes of at least 4 members (excludes halogenated alkanes) is 4. The highest BCUT2D eigenvalue weighted by atomic mass is 16.1. The average molecular weight is 393 g/mol. The zero-order chi connectivity index (χ0) is 20.8. The quantitative estimate of drug-likeness (QED) is 0.332. The largest absolute Gasteiger partial charge is 0.352 e. The third-order valence-corrected chi connectivity index (χ3v) is 4.94. The normalized spacial score (nSPS) is 11.1. The first-order chi connectivity index (χ1) is 14.1. The van der Waals surface area contributed by atoms with Crippen LogP contribution in [0.25, 0.3) is 16.7 Å². The van der Waals surface area contributed by atoms with Gasteiger partial charge in [-0.3, -0.25) is 19.4 Å². The number of hydrogen-bond donors (Lipinski definition) is 2. The smallest absolute Gasteiger partial charge is 0.267 e. The van der Waals surface area contributed by atoms with Crippen LogP contribution in [0.2, 0.25) is 0 Å². The Balaban J connectivity index is 2.00. The molecule has 7 heteroatoms. The Morgan fingerprint density at radius 3 is 2.83 bits per heavy atom. The van der Waals surface area contributed by atoms with E-state index in [1.807, 2.05) is 0 Å². The molecular formula is C22H27N5O2. The summed E-state index contributed by atoms with van der Waals surface area (Å²) in [5.41, 5.74) is 0.793. The zero-order valence-corrected chi connectivity index (χ0v) is 16.8. The Morgan fingerprint density at radius 1 is 1.28 bits per heavy atom. The van der Waals surface area contributed by atoms with Crippen LogP contribution >= 0.6 is 0 Å². The molecule has 3 heterocycles. The van der Waals surface area contributed by atoms with Gasteiger partial charge < -0.3 is 9.88 Å². The molecule has 0 aliphatic rings. The molecule has 0 fully saturated rings. The fourth-order valence-corrected chi connectivity index (χ4v) is 3.39. The maximum absolute atomic E-state index is 13.0. The highest BCUT2D eigenvalue weighted by Gasteiger charge is 2.16. The molecule has 0 aromatic carbocycles. The molecule has 3 rings (SSSR count). The van der Waals surface area contributed by atoms with Gasteiger partial charge in [0.2, 0.25) is 0 Å². The summed E-state index contributed by atoms with van der Waals surface area (Å²) in [4.78, 5) is 30.3. The molecular weight excluding hydrogens is 366 g/mol. The van der Waals surface area contributed by atoms with Crippen LogP contribution in [0.15, 0.2) is 47.9 Å². The molecule has 0 spiro atoms. The van der Waals surface area contributed by atoms with Crippen molar-refractivity contribution < 1.29 is 4.79 Å². The second-order valence-corrected chi connectivity index (χ2v) is 7.06. The Bertz CT molecular complexity index is 1160. The third-order valence-electron chi connectivity index (χ3n) is 4.94. The lowest BCUT2D eigenvalue weighted by Crippen LogP contribution is -2.35. The molecule has 0 unspecified atom stereocenters. The number of carbonyl (C=O) groups excluding carboxylic acids is 1. The van der Waals surface area contributed by atoms with Crippen LogP contribution in [0.4, 0.5) is 0 Å². The maximum atomic E-state index is 13.0. The van der Waals surface area contributed by atoms with E-state index in [1.54, 1.807) is 35.0 Å². The standard InChI is InChI=1S/C22H27N5O2/c1-3-5-6-7-9-12-24-21(28)16-15-17-20(27(13-4-2)19(16)23)25-18-11-8-10-14-26(18)22(17)29/h4,8,10-11,14-15,23H,2-3,5-7,9,12-13H2,1H3,(H,24,28). The number of nitrogens with zero attached hydrogens (tertiary/aromatic N) is 3. The summed E-state index contributed by atoms with van der Waals surface area (Å²) in [5.74, 6) is -0.345. The van der Waals surface area contributed by atoms with Crippen molar-refractivity contribution in [2.24, 2.45) is 0 Å². The Hall–Kier alpha value is -3.22. The minimum atomic E-state index is -0.345. The van der Waals surface area contributed by atoms with Gasteiger partial charge in [-0.2, -0.15) is 0 Å². The van der Waals surface area contributed by atoms with Gasteiger partial charge in [0.15, 0.2) is 0 Å². The van der Waals surface area contributed by atoms with Crippen molar-refractivity contribution in [3.8, 4) is 0 Å². The molecule has 7 nitrogen and oxygen atoms in total. The third kappa shape index (κ3) is 4.29. The predicted molar refractivity (Wildman–Crippen MR) is 114 cm³/mol. The first-order valence-corrected chi connectivity index (χ1v) is 10.1. The van der Waals surface area contributed by atoms with Gasteiger partial charge in [-0.15, -0.1) is 6.58 Å². The minimum Gasteiger partial charge on any atom is -0.352 e. The Morgan fingerprint density at radius 2 is 2.07 bits per heavy atom. The van der Waals surface area contributed by atoms with Gasteiger partial charge in [-0.05, 0) is 24.6 Å². The molecule has 0 aliphatic carbocycles. The number of nitrogens with one attached hydrogen (secondary N) is 2. The molecule has 2 N–H and O–H groups in total. The predicted octanol–water partition coefficient (Wildman–Crippen LogP) is 3.01. The van der Waals surface area contributed by atoms with Gasteiger partial charge in [0.05, 0.1) is 10.9 Å². The van der Waals surface area contributed by atoms with Crippen LogP contribution in [0.3, 0.4) is 0 Å². The SMILES string of the molecule is C=CCn1c(=N)c(C(=O)NCCCCCCC)cc2c(=O)n3ccccc3nc21. The van der Waals surface area contributed by atoms with Gasteiger partial charge in [0, 0.05) is 19.3 Å². The fourth-order valence-electron chi connectivity index (χ4n) is 3.39. The average Bonchev–Trinajstić information content (AvgIpc) is 2.73. The molecule has 0 atom stereocenters. The van der Waals surface area contributed by atoms with E-state index in [9.17, 15) is 9.59 Å². The lowest BCUT2D eigenvalue weighted by molar-refractivity contribution is 0.0950. The number of allylic oxidation sites excluding steroid dienone is 1. The molecule has 1 amide bonds. The van der Waals surface area contributed by atoms with Gasteiger partial charge in [0.1, 0.15) is 16.8 Å². The van der Waals surface area contributed by atoms with Crippen LogP contribution in [0, 0.1) is 5.41 Å². The van der Waals surface area contributed by atoms with E-state index in [2.05, 4.69) is 23.8 Å². The van der Waals surface area contributed by atoms with Crippen LogP contribution in [0.1, 0.15) is 49.4 Å². The second-order valence-electron chi connectivity index (χ2n) is 7.06. The highest BCUT2D eigenvalue weighted by Crippen LogP contribution is 2.10. The summed E-state index contributed by atoms with van der Waals surface area (Å²) in [6.45, 7) is 6.73. The van der Waals surface area contributed by atoms with Gasteiger partial charge in [0.25, 0.3) is 11.5 Å². The number of hydrogen-bond acceptors (Lipinski definition) is 4. The lowest BCUT2D eigenvalue weighted by Gasteiger charge is -2.13. The summed E-state index contributed by atoms with van der Waals surface area (Å²) in [7, 11) is 0. The van der Waals surface area contributed by atoms with Gasteiger partial charge >= 0.3 is 0 Å². The number of rotatable bonds is 9. The number of amides is 1. The van der Waals surface area contributed by atoms with E-state index in [-0.39, 0.29) is 29.1 Å². The summed E-state index contributed by atoms with van der Waals surface area (Å²) in [6.07, 6.45) is 8.76. The van der Waals surface area contributed by atoms with E-state index < -0.39 is 0 Å². The number of pyridine rings is 2. The molecule has 0 saturated heterocycles. The maximum Gasteiger partial charge on any atom is 0.267 e. The van der Waals surface area contributed by atoms with Crippen molar-refractivity contribution in [1.82, 2.24) is 19.3 Å². The van der Waals surface area contributed by atoms with Crippen LogP contribution < -0.4 is 16.4 Å². The molecule has 29 heavy (non-hydrogen) atoms. The molecule has 0 aliphatic heterocycles. The van der Waals surface area contributed by atoms with Gasteiger partial charge in [-0.25, -0.2) is 4.98 Å². The van der Waals surface area contributed by atoms with E-state index in [0.29, 0.717) is 23.2 Å². The first kappa shape index (κ1) is 20.5. The van der Waals surface area contributed by atoms with E-state index in [1.165, 1.54) is 23.3 Å². The summed E-state index contributed by atoms with van der Waals surface area (Å²) in [5, 5.41) is 11.7. The van der Waals surface area contributed by atoms with E-state index in [4.69, 9.17) is 5.41 Å². The second kappa shape index (κ2) is 9.32. The van der Waals surface area contributed by atoms with Crippen molar-refractivity contribution in [2.75, 3.05) is 6.54 Å². The van der Waals surface area contributed by atoms with Crippen LogP contribution in [0.5, 0.6) is 0 Å². The lowest BCUT2D eigenvalue weighted by atomic mass is 10.1. The molecule has 152 valence electrons. The molecule has 0 saturated carbocycles. The summed E-state index contributed by atoms with van der Waals surface area (Å²) >= 11 is 0.